The summed E-state index contributed by atoms with van der Waals surface area (Å²) < 4.78 is 5.20. The van der Waals surface area contributed by atoms with E-state index < -0.39 is 17.8 Å². The normalized spacial score (nSPS) is 13.1. The van der Waals surface area contributed by atoms with Crippen LogP contribution in [0.15, 0.2) is 77.5 Å². The fourth-order valence-corrected chi connectivity index (χ4v) is 4.10. The van der Waals surface area contributed by atoms with Gasteiger partial charge in [-0.05, 0) is 67.8 Å². The Bertz CT molecular complexity index is 1480. The predicted octanol–water partition coefficient (Wildman–Crippen LogP) is 5.56. The zero-order valence-corrected chi connectivity index (χ0v) is 21.9. The minimum atomic E-state index is -0.779. The molecule has 0 bridgehead atoms. The van der Waals surface area contributed by atoms with E-state index in [0.717, 1.165) is 16.0 Å². The number of hydrogen-bond donors (Lipinski definition) is 2. The lowest BCUT2D eigenvalue weighted by Crippen LogP contribution is -2.33. The molecule has 0 radical (unpaired) electrons. The van der Waals surface area contributed by atoms with Gasteiger partial charge < -0.3 is 15.4 Å². The summed E-state index contributed by atoms with van der Waals surface area (Å²) >= 11 is 6.29. The second-order valence-electron chi connectivity index (χ2n) is 8.77. The number of esters is 1. The number of nitrogens with one attached hydrogen (secondary N) is 2. The van der Waals surface area contributed by atoms with E-state index in [2.05, 4.69) is 10.6 Å². The van der Waals surface area contributed by atoms with Gasteiger partial charge in [0.1, 0.15) is 10.7 Å². The van der Waals surface area contributed by atoms with Gasteiger partial charge in [0.2, 0.25) is 0 Å². The Morgan fingerprint density at radius 3 is 2.47 bits per heavy atom. The van der Waals surface area contributed by atoms with E-state index in [4.69, 9.17) is 16.3 Å². The molecular formula is C29H26ClN3O5. The quantitative estimate of drug-likeness (QED) is 0.291. The van der Waals surface area contributed by atoms with Crippen molar-refractivity contribution in [1.82, 2.24) is 0 Å². The maximum Gasteiger partial charge on any atom is 0.340 e. The third kappa shape index (κ3) is 5.45. The van der Waals surface area contributed by atoms with Crippen molar-refractivity contribution >= 4 is 52.4 Å². The number of anilines is 3. The molecule has 194 valence electrons. The maximum absolute atomic E-state index is 13.3. The number of hydrogen-bond acceptors (Lipinski definition) is 6. The molecule has 0 saturated carbocycles. The van der Waals surface area contributed by atoms with Gasteiger partial charge in [0, 0.05) is 16.9 Å². The number of halogens is 1. The van der Waals surface area contributed by atoms with Crippen molar-refractivity contribution in [2.75, 3.05) is 22.1 Å². The number of rotatable bonds is 8. The summed E-state index contributed by atoms with van der Waals surface area (Å²) in [6.45, 7) is 5.90. The molecule has 0 atom stereocenters. The largest absolute Gasteiger partial charge is 0.462 e. The molecular weight excluding hydrogens is 506 g/mol. The molecule has 3 aromatic rings. The molecule has 1 aliphatic rings. The Labute approximate surface area is 225 Å². The molecule has 0 aliphatic carbocycles. The molecule has 4 rings (SSSR count). The average Bonchev–Trinajstić information content (AvgIpc) is 3.12. The Morgan fingerprint density at radius 2 is 1.71 bits per heavy atom. The number of amides is 3. The summed E-state index contributed by atoms with van der Waals surface area (Å²) in [6.07, 6.45) is 0.624. The van der Waals surface area contributed by atoms with E-state index in [1.807, 2.05) is 39.0 Å². The van der Waals surface area contributed by atoms with Crippen LogP contribution in [0.25, 0.3) is 0 Å². The van der Waals surface area contributed by atoms with Gasteiger partial charge in [0.25, 0.3) is 17.7 Å². The van der Waals surface area contributed by atoms with Crippen molar-refractivity contribution in [1.29, 1.82) is 0 Å². The van der Waals surface area contributed by atoms with Crippen molar-refractivity contribution < 1.29 is 23.9 Å². The van der Waals surface area contributed by atoms with E-state index in [1.165, 1.54) is 12.1 Å². The maximum atomic E-state index is 13.3. The minimum absolute atomic E-state index is 0.0680. The van der Waals surface area contributed by atoms with Crippen LogP contribution in [0, 0.1) is 13.8 Å². The Kier molecular flexibility index (Phi) is 7.93. The molecule has 1 heterocycles. The van der Waals surface area contributed by atoms with Gasteiger partial charge in [0.05, 0.1) is 17.9 Å². The number of carbonyl (C=O) groups is 4. The second-order valence-corrected chi connectivity index (χ2v) is 9.14. The van der Waals surface area contributed by atoms with Gasteiger partial charge in [0.15, 0.2) is 0 Å². The van der Waals surface area contributed by atoms with Crippen molar-refractivity contribution in [3.63, 3.8) is 0 Å². The molecule has 0 unspecified atom stereocenters. The van der Waals surface area contributed by atoms with Crippen LogP contribution in [0.2, 0.25) is 0 Å². The molecule has 0 fully saturated rings. The van der Waals surface area contributed by atoms with Crippen LogP contribution in [0.4, 0.5) is 17.1 Å². The van der Waals surface area contributed by atoms with Gasteiger partial charge in [-0.15, -0.1) is 0 Å². The Morgan fingerprint density at radius 1 is 0.947 bits per heavy atom. The van der Waals surface area contributed by atoms with Gasteiger partial charge in [-0.3, -0.25) is 14.4 Å². The van der Waals surface area contributed by atoms with Gasteiger partial charge in [-0.2, -0.15) is 0 Å². The number of aryl methyl sites for hydroxylation is 2. The summed E-state index contributed by atoms with van der Waals surface area (Å²) in [5, 5.41) is 5.43. The molecule has 1 aliphatic heterocycles. The lowest BCUT2D eigenvalue weighted by Gasteiger charge is -2.18. The molecule has 8 nitrogen and oxygen atoms in total. The first-order valence-electron chi connectivity index (χ1n) is 12.0. The first-order chi connectivity index (χ1) is 18.2. The highest BCUT2D eigenvalue weighted by atomic mass is 35.5. The highest BCUT2D eigenvalue weighted by molar-refractivity contribution is 6.53. The van der Waals surface area contributed by atoms with Crippen molar-refractivity contribution in [3.05, 3.63) is 99.7 Å². The highest BCUT2D eigenvalue weighted by Gasteiger charge is 2.40. The van der Waals surface area contributed by atoms with Crippen LogP contribution >= 0.6 is 11.6 Å². The number of carbonyl (C=O) groups excluding carboxylic acids is 4. The topological polar surface area (TPSA) is 105 Å². The van der Waals surface area contributed by atoms with E-state index in [-0.39, 0.29) is 34.5 Å². The van der Waals surface area contributed by atoms with Crippen molar-refractivity contribution in [2.24, 2.45) is 0 Å². The lowest BCUT2D eigenvalue weighted by molar-refractivity contribution is -0.120. The molecule has 0 saturated heterocycles. The number of imide groups is 1. The van der Waals surface area contributed by atoms with E-state index in [1.54, 1.807) is 36.4 Å². The molecule has 0 spiro atoms. The molecule has 38 heavy (non-hydrogen) atoms. The van der Waals surface area contributed by atoms with E-state index >= 15 is 0 Å². The summed E-state index contributed by atoms with van der Waals surface area (Å²) in [5.41, 5.74) is 3.32. The summed E-state index contributed by atoms with van der Waals surface area (Å²) in [4.78, 5) is 52.6. The fraction of sp³-hybridized carbons (Fsp3) is 0.172. The summed E-state index contributed by atoms with van der Waals surface area (Å²) in [6, 6.07) is 18.4. The summed E-state index contributed by atoms with van der Waals surface area (Å²) in [5.74, 6) is -2.50. The van der Waals surface area contributed by atoms with Crippen molar-refractivity contribution in [3.8, 4) is 0 Å². The standard InChI is InChI=1S/C29H26ClN3O5/c1-4-14-38-29(37)21-10-5-6-11-23(21)33-27(35)24(30)25(28(33)36)31-20-9-7-8-19(16-20)26(34)32-22-15-17(2)12-13-18(22)3/h5-13,15-16,31H,4,14H2,1-3H3,(H,32,34). The Balaban J connectivity index is 1.56. The van der Waals surface area contributed by atoms with Gasteiger partial charge in [-0.1, -0.05) is 48.9 Å². The fourth-order valence-electron chi connectivity index (χ4n) is 3.89. The average molecular weight is 532 g/mol. The van der Waals surface area contributed by atoms with Gasteiger partial charge >= 0.3 is 5.97 Å². The monoisotopic (exact) mass is 531 g/mol. The van der Waals surface area contributed by atoms with Crippen molar-refractivity contribution in [2.45, 2.75) is 27.2 Å². The van der Waals surface area contributed by atoms with E-state index in [9.17, 15) is 19.2 Å². The molecule has 2 N–H and O–H groups in total. The number of para-hydroxylation sites is 1. The number of ether oxygens (including phenoxy) is 1. The van der Waals surface area contributed by atoms with Crippen LogP contribution in [-0.2, 0) is 14.3 Å². The molecule has 3 aromatic carbocycles. The minimum Gasteiger partial charge on any atom is -0.462 e. The van der Waals surface area contributed by atoms with Crippen LogP contribution in [0.3, 0.4) is 0 Å². The Hall–Kier alpha value is -4.43. The second kappa shape index (κ2) is 11.3. The molecule has 3 amide bonds. The summed E-state index contributed by atoms with van der Waals surface area (Å²) in [7, 11) is 0. The highest BCUT2D eigenvalue weighted by Crippen LogP contribution is 2.32. The zero-order valence-electron chi connectivity index (χ0n) is 21.1. The van der Waals surface area contributed by atoms with Crippen LogP contribution in [0.1, 0.15) is 45.2 Å². The third-order valence-corrected chi connectivity index (χ3v) is 6.22. The zero-order chi connectivity index (χ0) is 27.4. The smallest absolute Gasteiger partial charge is 0.340 e. The number of benzene rings is 3. The first kappa shape index (κ1) is 26.6. The van der Waals surface area contributed by atoms with Gasteiger partial charge in [-0.25, -0.2) is 9.69 Å². The van der Waals surface area contributed by atoms with Crippen LogP contribution in [0.5, 0.6) is 0 Å². The van der Waals surface area contributed by atoms with Crippen LogP contribution < -0.4 is 15.5 Å². The molecule has 0 aromatic heterocycles. The predicted molar refractivity (Wildman–Crippen MR) is 146 cm³/mol. The SMILES string of the molecule is CCCOC(=O)c1ccccc1N1C(=O)C(Cl)=C(Nc2cccc(C(=O)Nc3cc(C)ccc3C)c2)C1=O. The van der Waals surface area contributed by atoms with Crippen LogP contribution in [-0.4, -0.2) is 30.3 Å². The first-order valence-corrected chi connectivity index (χ1v) is 12.4. The lowest BCUT2D eigenvalue weighted by atomic mass is 10.1. The number of nitrogens with zero attached hydrogens (tertiary/aromatic N) is 1. The van der Waals surface area contributed by atoms with E-state index in [0.29, 0.717) is 23.4 Å². The molecule has 9 heteroatoms. The third-order valence-electron chi connectivity index (χ3n) is 5.86.